The van der Waals surface area contributed by atoms with Gasteiger partial charge in [0.2, 0.25) is 0 Å². The van der Waals surface area contributed by atoms with Gasteiger partial charge in [0.05, 0.1) is 17.7 Å². The largest absolute Gasteiger partial charge is 0.481 e. The summed E-state index contributed by atoms with van der Waals surface area (Å²) in [4.78, 5) is 15.8. The van der Waals surface area contributed by atoms with Crippen LogP contribution in [0.4, 0.5) is 17.6 Å². The Bertz CT molecular complexity index is 1050. The fraction of sp³-hybridized carbons (Fsp3) is 0.462. The standard InChI is InChI=1S/C26H30F4N2O3/c1-17(20-8-9-21(24(27)14-20)15-31-12-11-25(33)34)32-35-16-18-7-10-22(19-5-3-2-4-6-19)23(13-18)26(28,29)30/h7-10,13-14,19,31H,2-6,11-12,15-16H2,1H3,(H,33,34). The average molecular weight is 495 g/mol. The highest BCUT2D eigenvalue weighted by Crippen LogP contribution is 2.41. The highest BCUT2D eigenvalue weighted by molar-refractivity contribution is 5.98. The van der Waals surface area contributed by atoms with Crippen LogP contribution in [-0.2, 0) is 29.0 Å². The van der Waals surface area contributed by atoms with E-state index in [0.717, 1.165) is 38.2 Å². The number of oxime groups is 1. The summed E-state index contributed by atoms with van der Waals surface area (Å²) in [6, 6.07) is 8.86. The van der Waals surface area contributed by atoms with Crippen molar-refractivity contribution in [2.75, 3.05) is 6.54 Å². The molecule has 0 aromatic heterocycles. The molecular weight excluding hydrogens is 464 g/mol. The Kier molecular flexibility index (Phi) is 9.26. The van der Waals surface area contributed by atoms with E-state index >= 15 is 0 Å². The molecular formula is C26H30F4N2O3. The number of nitrogens with zero attached hydrogens (tertiary/aromatic N) is 1. The Morgan fingerprint density at radius 3 is 2.54 bits per heavy atom. The van der Waals surface area contributed by atoms with Gasteiger partial charge in [0.25, 0.3) is 0 Å². The van der Waals surface area contributed by atoms with E-state index in [-0.39, 0.29) is 32.0 Å². The van der Waals surface area contributed by atoms with Crippen LogP contribution in [0.15, 0.2) is 41.6 Å². The maximum absolute atomic E-state index is 14.4. The third-order valence-electron chi connectivity index (χ3n) is 6.20. The van der Waals surface area contributed by atoms with Gasteiger partial charge in [-0.15, -0.1) is 0 Å². The number of hydrogen-bond donors (Lipinski definition) is 2. The van der Waals surface area contributed by atoms with E-state index in [1.807, 2.05) is 0 Å². The van der Waals surface area contributed by atoms with Crippen LogP contribution in [0, 0.1) is 5.82 Å². The summed E-state index contributed by atoms with van der Waals surface area (Å²) in [7, 11) is 0. The molecule has 1 fully saturated rings. The molecule has 3 rings (SSSR count). The molecule has 2 aromatic carbocycles. The second-order valence-electron chi connectivity index (χ2n) is 8.83. The first-order chi connectivity index (χ1) is 16.6. The molecule has 0 heterocycles. The number of benzene rings is 2. The van der Waals surface area contributed by atoms with E-state index in [1.165, 1.54) is 6.07 Å². The molecule has 0 radical (unpaired) electrons. The Hall–Kier alpha value is -2.94. The molecule has 0 unspecified atom stereocenters. The van der Waals surface area contributed by atoms with Crippen LogP contribution >= 0.6 is 0 Å². The minimum absolute atomic E-state index is 0.0589. The van der Waals surface area contributed by atoms with Gasteiger partial charge in [-0.2, -0.15) is 13.2 Å². The van der Waals surface area contributed by atoms with Gasteiger partial charge in [-0.05, 0) is 48.9 Å². The zero-order valence-corrected chi connectivity index (χ0v) is 19.6. The van der Waals surface area contributed by atoms with Crippen molar-refractivity contribution in [1.29, 1.82) is 0 Å². The van der Waals surface area contributed by atoms with Crippen molar-refractivity contribution >= 4 is 11.7 Å². The monoisotopic (exact) mass is 494 g/mol. The molecule has 2 aromatic rings. The Morgan fingerprint density at radius 2 is 1.89 bits per heavy atom. The van der Waals surface area contributed by atoms with E-state index in [0.29, 0.717) is 28.0 Å². The van der Waals surface area contributed by atoms with Gasteiger partial charge in [0, 0.05) is 24.2 Å². The summed E-state index contributed by atoms with van der Waals surface area (Å²) in [5.41, 5.74) is 1.34. The smallest absolute Gasteiger partial charge is 0.416 e. The molecule has 1 aliphatic rings. The van der Waals surface area contributed by atoms with Crippen LogP contribution in [0.1, 0.15) is 79.2 Å². The highest BCUT2D eigenvalue weighted by atomic mass is 19.4. The Balaban J connectivity index is 1.63. The molecule has 0 spiro atoms. The number of carboxylic acids is 1. The number of hydrogen-bond acceptors (Lipinski definition) is 4. The van der Waals surface area contributed by atoms with E-state index in [9.17, 15) is 22.4 Å². The quantitative estimate of drug-likeness (QED) is 0.174. The van der Waals surface area contributed by atoms with E-state index in [1.54, 1.807) is 31.2 Å². The lowest BCUT2D eigenvalue weighted by Crippen LogP contribution is -2.18. The van der Waals surface area contributed by atoms with Crippen molar-refractivity contribution in [2.45, 2.75) is 70.7 Å². The summed E-state index contributed by atoms with van der Waals surface area (Å²) >= 11 is 0. The molecule has 9 heteroatoms. The third kappa shape index (κ3) is 7.78. The fourth-order valence-corrected chi connectivity index (χ4v) is 4.30. The van der Waals surface area contributed by atoms with Crippen LogP contribution in [-0.4, -0.2) is 23.3 Å². The topological polar surface area (TPSA) is 70.9 Å². The van der Waals surface area contributed by atoms with Crippen molar-refractivity contribution < 1.29 is 32.3 Å². The van der Waals surface area contributed by atoms with Crippen LogP contribution in [0.3, 0.4) is 0 Å². The van der Waals surface area contributed by atoms with Gasteiger partial charge in [-0.3, -0.25) is 4.79 Å². The molecule has 0 amide bonds. The number of rotatable bonds is 10. The van der Waals surface area contributed by atoms with Crippen LogP contribution in [0.5, 0.6) is 0 Å². The molecule has 0 aliphatic heterocycles. The zero-order chi connectivity index (χ0) is 25.4. The average Bonchev–Trinajstić information content (AvgIpc) is 2.82. The number of alkyl halides is 3. The first-order valence-corrected chi connectivity index (χ1v) is 11.7. The second kappa shape index (κ2) is 12.2. The van der Waals surface area contributed by atoms with E-state index in [2.05, 4.69) is 10.5 Å². The van der Waals surface area contributed by atoms with E-state index in [4.69, 9.17) is 9.94 Å². The zero-order valence-electron chi connectivity index (χ0n) is 19.6. The minimum Gasteiger partial charge on any atom is -0.481 e. The molecule has 1 aliphatic carbocycles. The van der Waals surface area contributed by atoms with Crippen molar-refractivity contribution in [1.82, 2.24) is 5.32 Å². The summed E-state index contributed by atoms with van der Waals surface area (Å²) in [6.07, 6.45) is 0.0112. The predicted octanol–water partition coefficient (Wildman–Crippen LogP) is 6.40. The number of nitrogens with one attached hydrogen (secondary N) is 1. The minimum atomic E-state index is -4.44. The second-order valence-corrected chi connectivity index (χ2v) is 8.83. The molecule has 0 atom stereocenters. The molecule has 0 saturated heterocycles. The normalized spacial score (nSPS) is 15.3. The summed E-state index contributed by atoms with van der Waals surface area (Å²) < 4.78 is 55.5. The highest BCUT2D eigenvalue weighted by Gasteiger charge is 2.35. The molecule has 0 bridgehead atoms. The van der Waals surface area contributed by atoms with Crippen LogP contribution < -0.4 is 5.32 Å². The van der Waals surface area contributed by atoms with E-state index < -0.39 is 23.5 Å². The van der Waals surface area contributed by atoms with Crippen molar-refractivity contribution in [3.05, 3.63) is 70.0 Å². The molecule has 1 saturated carbocycles. The van der Waals surface area contributed by atoms with Crippen LogP contribution in [0.2, 0.25) is 0 Å². The fourth-order valence-electron chi connectivity index (χ4n) is 4.30. The van der Waals surface area contributed by atoms with Gasteiger partial charge in [0.15, 0.2) is 0 Å². The lowest BCUT2D eigenvalue weighted by atomic mass is 9.81. The summed E-state index contributed by atoms with van der Waals surface area (Å²) in [5.74, 6) is -1.48. The lowest BCUT2D eigenvalue weighted by molar-refractivity contribution is -0.139. The summed E-state index contributed by atoms with van der Waals surface area (Å²) in [5, 5.41) is 15.4. The maximum Gasteiger partial charge on any atom is 0.416 e. The van der Waals surface area contributed by atoms with Gasteiger partial charge >= 0.3 is 12.1 Å². The molecule has 5 nitrogen and oxygen atoms in total. The Labute approximate surface area is 202 Å². The first-order valence-electron chi connectivity index (χ1n) is 11.7. The summed E-state index contributed by atoms with van der Waals surface area (Å²) in [6.45, 7) is 1.89. The van der Waals surface area contributed by atoms with Gasteiger partial charge in [0.1, 0.15) is 12.4 Å². The number of aliphatic carboxylic acids is 1. The number of halogens is 4. The van der Waals surface area contributed by atoms with Crippen LogP contribution in [0.25, 0.3) is 0 Å². The molecule has 2 N–H and O–H groups in total. The SMILES string of the molecule is CC(=NOCc1ccc(C2CCCCC2)c(C(F)(F)F)c1)c1ccc(CNCCC(=O)O)c(F)c1. The van der Waals surface area contributed by atoms with Crippen molar-refractivity contribution in [3.8, 4) is 0 Å². The number of carboxylic acid groups (broad SMARTS) is 1. The molecule has 190 valence electrons. The Morgan fingerprint density at radius 1 is 1.14 bits per heavy atom. The van der Waals surface area contributed by atoms with Crippen molar-refractivity contribution in [2.24, 2.45) is 5.16 Å². The van der Waals surface area contributed by atoms with Gasteiger partial charge in [-0.25, -0.2) is 4.39 Å². The van der Waals surface area contributed by atoms with Gasteiger partial charge in [-0.1, -0.05) is 48.7 Å². The third-order valence-corrected chi connectivity index (χ3v) is 6.20. The predicted molar refractivity (Wildman–Crippen MR) is 125 cm³/mol. The number of carbonyl (C=O) groups is 1. The lowest BCUT2D eigenvalue weighted by Gasteiger charge is -2.25. The molecule has 35 heavy (non-hydrogen) atoms. The van der Waals surface area contributed by atoms with Gasteiger partial charge < -0.3 is 15.3 Å². The van der Waals surface area contributed by atoms with Crippen molar-refractivity contribution in [3.63, 3.8) is 0 Å². The maximum atomic E-state index is 14.4. The first kappa shape index (κ1) is 26.7.